The molecule has 0 bridgehead atoms. The molecule has 34 heavy (non-hydrogen) atoms. The first kappa shape index (κ1) is 23.0. The van der Waals surface area contributed by atoms with Gasteiger partial charge in [-0.3, -0.25) is 19.7 Å². The average Bonchev–Trinajstić information content (AvgIpc) is 3.15. The van der Waals surface area contributed by atoms with Gasteiger partial charge in [-0.2, -0.15) is 0 Å². The van der Waals surface area contributed by atoms with Crippen LogP contribution in [0.4, 0.5) is 4.39 Å². The number of hydrogen-bond acceptors (Lipinski definition) is 4. The lowest BCUT2D eigenvalue weighted by Gasteiger charge is -2.15. The Labute approximate surface area is 198 Å². The maximum absolute atomic E-state index is 13.5. The van der Waals surface area contributed by atoms with Crippen LogP contribution in [0.25, 0.3) is 16.6 Å². The topological polar surface area (TPSA) is 81.4 Å². The average molecular weight is 479 g/mol. The van der Waals surface area contributed by atoms with Crippen molar-refractivity contribution in [1.82, 2.24) is 14.3 Å². The molecule has 0 aliphatic rings. The van der Waals surface area contributed by atoms with Gasteiger partial charge in [0.25, 0.3) is 11.1 Å². The smallest absolute Gasteiger partial charge is 0.281 e. The summed E-state index contributed by atoms with van der Waals surface area (Å²) in [6.45, 7) is 7.15. The number of pyridine rings is 1. The second kappa shape index (κ2) is 9.76. The fourth-order valence-electron chi connectivity index (χ4n) is 3.57. The summed E-state index contributed by atoms with van der Waals surface area (Å²) in [6.07, 6.45) is 3.03. The van der Waals surface area contributed by atoms with Crippen LogP contribution in [-0.2, 0) is 13.2 Å². The lowest BCUT2D eigenvalue weighted by Crippen LogP contribution is -2.26. The van der Waals surface area contributed by atoms with Gasteiger partial charge in [0.2, 0.25) is 0 Å². The summed E-state index contributed by atoms with van der Waals surface area (Å²) < 4.78 is 21.8. The molecule has 2 aromatic heterocycles. The van der Waals surface area contributed by atoms with E-state index >= 15 is 0 Å². The third-order valence-corrected chi connectivity index (χ3v) is 5.53. The van der Waals surface area contributed by atoms with Gasteiger partial charge in [0.15, 0.2) is 0 Å². The molecule has 0 spiro atoms. The molecule has 0 saturated carbocycles. The number of nitrogens with zero attached hydrogens (tertiary/aromatic N) is 3. The van der Waals surface area contributed by atoms with Crippen molar-refractivity contribution >= 4 is 29.2 Å². The van der Waals surface area contributed by atoms with Crippen molar-refractivity contribution in [3.8, 4) is 11.4 Å². The predicted molar refractivity (Wildman–Crippen MR) is 132 cm³/mol. The number of aromatic nitrogens is 3. The molecule has 0 radical (unpaired) electrons. The number of aliphatic imine (C=N–C) groups is 1. The Morgan fingerprint density at radius 2 is 1.91 bits per heavy atom. The molecule has 7 nitrogen and oxygen atoms in total. The van der Waals surface area contributed by atoms with Crippen molar-refractivity contribution in [3.05, 3.63) is 116 Å². The van der Waals surface area contributed by atoms with Crippen LogP contribution in [0.15, 0.2) is 93.6 Å². The number of hydrogen-bond donors (Lipinski definition) is 1. The molecule has 172 valence electrons. The van der Waals surface area contributed by atoms with Crippen molar-refractivity contribution in [2.24, 2.45) is 4.99 Å². The number of para-hydroxylation sites is 1. The van der Waals surface area contributed by atoms with E-state index in [0.717, 1.165) is 0 Å². The molecule has 9 heteroatoms. The number of ether oxygens (including phenoxy) is 1. The Bertz CT molecular complexity index is 1530. The summed E-state index contributed by atoms with van der Waals surface area (Å²) in [5, 5.41) is 3.59. The zero-order chi connectivity index (χ0) is 24.2. The number of halogens is 2. The van der Waals surface area contributed by atoms with E-state index in [9.17, 15) is 14.0 Å². The van der Waals surface area contributed by atoms with E-state index in [4.69, 9.17) is 16.3 Å². The monoisotopic (exact) mass is 478 g/mol. The van der Waals surface area contributed by atoms with Crippen LogP contribution < -0.4 is 15.9 Å². The number of nitrogens with one attached hydrogen (secondary N) is 1. The SMILES string of the molecule is C=C/C(=C\N=C)Cn1c(COc2ccc(F)cc2)c2c(=O)n(-c3ccccc3Cl)[nH]c2cc1=O. The Kier molecular flexibility index (Phi) is 6.60. The van der Waals surface area contributed by atoms with Crippen molar-refractivity contribution < 1.29 is 9.13 Å². The van der Waals surface area contributed by atoms with Gasteiger partial charge in [-0.25, -0.2) is 9.07 Å². The minimum Gasteiger partial charge on any atom is -0.487 e. The lowest BCUT2D eigenvalue weighted by atomic mass is 10.2. The molecule has 4 rings (SSSR count). The van der Waals surface area contributed by atoms with Crippen LogP contribution in [0, 0.1) is 5.82 Å². The van der Waals surface area contributed by atoms with E-state index in [1.165, 1.54) is 45.8 Å². The van der Waals surface area contributed by atoms with Gasteiger partial charge in [-0.05, 0) is 48.7 Å². The number of benzene rings is 2. The number of allylic oxidation sites excluding steroid dienone is 2. The molecule has 2 aromatic carbocycles. The molecule has 0 amide bonds. The first-order valence-corrected chi connectivity index (χ1v) is 10.6. The van der Waals surface area contributed by atoms with Gasteiger partial charge in [0.1, 0.15) is 18.2 Å². The van der Waals surface area contributed by atoms with Crippen LogP contribution in [-0.4, -0.2) is 21.1 Å². The van der Waals surface area contributed by atoms with E-state index in [1.54, 1.807) is 30.3 Å². The summed E-state index contributed by atoms with van der Waals surface area (Å²) in [5.74, 6) is -0.0241. The maximum Gasteiger partial charge on any atom is 0.281 e. The molecule has 0 aliphatic heterocycles. The van der Waals surface area contributed by atoms with Gasteiger partial charge >= 0.3 is 0 Å². The number of fused-ring (bicyclic) bond motifs is 1. The molecule has 0 fully saturated rings. The van der Waals surface area contributed by atoms with Crippen LogP contribution >= 0.6 is 11.6 Å². The van der Waals surface area contributed by atoms with Crippen LogP contribution in [0.2, 0.25) is 5.02 Å². The van der Waals surface area contributed by atoms with Crippen molar-refractivity contribution in [3.63, 3.8) is 0 Å². The predicted octanol–water partition coefficient (Wildman–Crippen LogP) is 4.62. The summed E-state index contributed by atoms with van der Waals surface area (Å²) >= 11 is 6.30. The molecular formula is C25H20ClFN4O3. The Hall–Kier alpha value is -4.17. The minimum atomic E-state index is -0.405. The Balaban J connectivity index is 1.92. The van der Waals surface area contributed by atoms with E-state index in [-0.39, 0.29) is 24.1 Å². The van der Waals surface area contributed by atoms with Crippen LogP contribution in [0.3, 0.4) is 0 Å². The highest BCUT2D eigenvalue weighted by atomic mass is 35.5. The molecule has 0 saturated heterocycles. The molecule has 4 aromatic rings. The first-order chi connectivity index (χ1) is 16.4. The highest BCUT2D eigenvalue weighted by molar-refractivity contribution is 6.32. The molecule has 1 N–H and O–H groups in total. The van der Waals surface area contributed by atoms with Crippen LogP contribution in [0.1, 0.15) is 5.69 Å². The molecule has 0 atom stereocenters. The third-order valence-electron chi connectivity index (χ3n) is 5.21. The highest BCUT2D eigenvalue weighted by Crippen LogP contribution is 2.22. The van der Waals surface area contributed by atoms with Gasteiger partial charge in [-0.1, -0.05) is 36.4 Å². The molecule has 0 aliphatic carbocycles. The minimum absolute atomic E-state index is 0.0934. The summed E-state index contributed by atoms with van der Waals surface area (Å²) in [4.78, 5) is 30.3. The van der Waals surface area contributed by atoms with Gasteiger partial charge in [0.05, 0.1) is 33.9 Å². The normalized spacial score (nSPS) is 11.5. The quantitative estimate of drug-likeness (QED) is 0.296. The zero-order valence-corrected chi connectivity index (χ0v) is 18.8. The third kappa shape index (κ3) is 4.49. The Morgan fingerprint density at radius 3 is 2.59 bits per heavy atom. The van der Waals surface area contributed by atoms with E-state index in [2.05, 4.69) is 23.4 Å². The summed E-state index contributed by atoms with van der Waals surface area (Å²) in [6, 6.07) is 13.7. The number of rotatable bonds is 8. The fourth-order valence-corrected chi connectivity index (χ4v) is 3.79. The zero-order valence-electron chi connectivity index (χ0n) is 18.0. The molecular weight excluding hydrogens is 459 g/mol. The number of aromatic amines is 1. The van der Waals surface area contributed by atoms with Gasteiger partial charge in [-0.15, -0.1) is 0 Å². The van der Waals surface area contributed by atoms with Gasteiger partial charge in [0, 0.05) is 12.3 Å². The highest BCUT2D eigenvalue weighted by Gasteiger charge is 2.19. The summed E-state index contributed by atoms with van der Waals surface area (Å²) in [7, 11) is 0. The van der Waals surface area contributed by atoms with E-state index in [1.807, 2.05) is 0 Å². The lowest BCUT2D eigenvalue weighted by molar-refractivity contribution is 0.295. The fraction of sp³-hybridized carbons (Fsp3) is 0.0800. The standard InChI is InChI=1S/C25H20ClFN4O3/c1-3-16(13-28-2)14-30-22(15-34-18-10-8-17(27)9-11-18)24-20(12-23(30)32)29-31(25(24)33)21-7-5-4-6-19(21)26/h3-13,29H,1-2,14-15H2/b16-13+. The first-order valence-electron chi connectivity index (χ1n) is 10.2. The second-order valence-electron chi connectivity index (χ2n) is 7.34. The van der Waals surface area contributed by atoms with Crippen LogP contribution in [0.5, 0.6) is 5.75 Å². The largest absolute Gasteiger partial charge is 0.487 e. The number of H-pyrrole nitrogens is 1. The van der Waals surface area contributed by atoms with Crippen molar-refractivity contribution in [1.29, 1.82) is 0 Å². The van der Waals surface area contributed by atoms with Gasteiger partial charge < -0.3 is 9.30 Å². The molecule has 0 unspecified atom stereocenters. The van der Waals surface area contributed by atoms with Crippen molar-refractivity contribution in [2.45, 2.75) is 13.2 Å². The maximum atomic E-state index is 13.5. The molecule has 2 heterocycles. The Morgan fingerprint density at radius 1 is 1.18 bits per heavy atom. The summed E-state index contributed by atoms with van der Waals surface area (Å²) in [5.41, 5.74) is 0.944. The van der Waals surface area contributed by atoms with E-state index in [0.29, 0.717) is 33.2 Å². The second-order valence-corrected chi connectivity index (χ2v) is 7.75. The van der Waals surface area contributed by atoms with Crippen molar-refractivity contribution in [2.75, 3.05) is 0 Å². The van der Waals surface area contributed by atoms with E-state index < -0.39 is 11.4 Å².